The Labute approximate surface area is 137 Å². The third kappa shape index (κ3) is 4.30. The fraction of sp³-hybridized carbons (Fsp3) is 0.176. The van der Waals surface area contributed by atoms with Gasteiger partial charge in [-0.15, -0.1) is 0 Å². The quantitative estimate of drug-likeness (QED) is 0.751. The first kappa shape index (κ1) is 17.4. The van der Waals surface area contributed by atoms with E-state index < -0.39 is 24.9 Å². The van der Waals surface area contributed by atoms with E-state index in [1.54, 1.807) is 36.4 Å². The lowest BCUT2D eigenvalue weighted by Gasteiger charge is -2.08. The van der Waals surface area contributed by atoms with E-state index in [4.69, 9.17) is 0 Å². The summed E-state index contributed by atoms with van der Waals surface area (Å²) in [5, 5.41) is -0.795. The lowest BCUT2D eigenvalue weighted by atomic mass is 10.4. The summed E-state index contributed by atoms with van der Waals surface area (Å²) in [6.07, 6.45) is 2.82. The molecule has 0 amide bonds. The molecule has 0 spiro atoms. The molecule has 1 atom stereocenters. The first-order valence-electron chi connectivity index (χ1n) is 7.07. The normalized spacial score (nSPS) is 14.0. The maximum atomic E-state index is 12.4. The smallest absolute Gasteiger partial charge is 0.184 e. The fourth-order valence-corrected chi connectivity index (χ4v) is 4.44. The molecule has 0 aliphatic rings. The number of hydrogen-bond acceptors (Lipinski definition) is 4. The molecule has 0 bridgehead atoms. The Kier molecular flexibility index (Phi) is 5.38. The summed E-state index contributed by atoms with van der Waals surface area (Å²) in [6, 6.07) is 16.2. The van der Waals surface area contributed by atoms with Gasteiger partial charge in [0.25, 0.3) is 0 Å². The van der Waals surface area contributed by atoms with Gasteiger partial charge in [-0.25, -0.2) is 16.8 Å². The molecule has 0 aliphatic heterocycles. The van der Waals surface area contributed by atoms with Gasteiger partial charge < -0.3 is 0 Å². The van der Waals surface area contributed by atoms with Crippen molar-refractivity contribution in [1.29, 1.82) is 0 Å². The molecule has 122 valence electrons. The molecular weight excluding hydrogens is 332 g/mol. The summed E-state index contributed by atoms with van der Waals surface area (Å²) in [5.41, 5.74) is 0. The molecule has 0 heterocycles. The molecule has 2 rings (SSSR count). The van der Waals surface area contributed by atoms with Crippen LogP contribution in [0.1, 0.15) is 6.92 Å². The Hall–Kier alpha value is -1.92. The Morgan fingerprint density at radius 1 is 0.826 bits per heavy atom. The van der Waals surface area contributed by atoms with E-state index in [1.807, 2.05) is 0 Å². The topological polar surface area (TPSA) is 68.3 Å². The molecular formula is C17H18O4S2. The van der Waals surface area contributed by atoms with E-state index in [0.717, 1.165) is 0 Å². The van der Waals surface area contributed by atoms with Crippen LogP contribution in [-0.2, 0) is 19.7 Å². The summed E-state index contributed by atoms with van der Waals surface area (Å²) in [5.74, 6) is -0.230. The Morgan fingerprint density at radius 3 is 1.83 bits per heavy atom. The number of benzene rings is 2. The van der Waals surface area contributed by atoms with Crippen molar-refractivity contribution < 1.29 is 16.8 Å². The molecule has 0 aromatic heterocycles. The van der Waals surface area contributed by atoms with Crippen molar-refractivity contribution >= 4 is 19.7 Å². The summed E-state index contributed by atoms with van der Waals surface area (Å²) in [4.78, 5) is 0.450. The van der Waals surface area contributed by atoms with E-state index in [-0.39, 0.29) is 15.5 Å². The minimum absolute atomic E-state index is 0.225. The number of sulfone groups is 2. The highest BCUT2D eigenvalue weighted by atomic mass is 32.2. The summed E-state index contributed by atoms with van der Waals surface area (Å²) in [7, 11) is -6.95. The molecule has 23 heavy (non-hydrogen) atoms. The van der Waals surface area contributed by atoms with Crippen LogP contribution in [0.25, 0.3) is 0 Å². The second kappa shape index (κ2) is 7.10. The fourth-order valence-electron chi connectivity index (χ4n) is 2.03. The molecule has 2 aromatic carbocycles. The van der Waals surface area contributed by atoms with E-state index in [1.165, 1.54) is 43.3 Å². The van der Waals surface area contributed by atoms with E-state index in [2.05, 4.69) is 0 Å². The molecule has 0 saturated heterocycles. The minimum atomic E-state index is -3.50. The van der Waals surface area contributed by atoms with Gasteiger partial charge in [0, 0.05) is 0 Å². The molecule has 0 aliphatic carbocycles. The highest BCUT2D eigenvalue weighted by Crippen LogP contribution is 2.17. The molecule has 6 heteroatoms. The largest absolute Gasteiger partial charge is 0.223 e. The second-order valence-electron chi connectivity index (χ2n) is 5.09. The molecule has 4 nitrogen and oxygen atoms in total. The van der Waals surface area contributed by atoms with E-state index >= 15 is 0 Å². The van der Waals surface area contributed by atoms with Gasteiger partial charge in [-0.3, -0.25) is 0 Å². The molecule has 2 aromatic rings. The average Bonchev–Trinajstić information content (AvgIpc) is 2.56. The van der Waals surface area contributed by atoms with Crippen LogP contribution >= 0.6 is 0 Å². The van der Waals surface area contributed by atoms with Crippen LogP contribution in [-0.4, -0.2) is 27.8 Å². The highest BCUT2D eigenvalue weighted by Gasteiger charge is 2.20. The summed E-state index contributed by atoms with van der Waals surface area (Å²) in [6.45, 7) is 1.54. The maximum Gasteiger partial charge on any atom is 0.184 e. The first-order valence-corrected chi connectivity index (χ1v) is 10.3. The maximum absolute atomic E-state index is 12.4. The van der Waals surface area contributed by atoms with Gasteiger partial charge in [0.05, 0.1) is 20.8 Å². The van der Waals surface area contributed by atoms with Crippen LogP contribution in [0.5, 0.6) is 0 Å². The van der Waals surface area contributed by atoms with Crippen LogP contribution in [0.3, 0.4) is 0 Å². The van der Waals surface area contributed by atoms with Gasteiger partial charge >= 0.3 is 0 Å². The van der Waals surface area contributed by atoms with Crippen molar-refractivity contribution in [2.45, 2.75) is 22.0 Å². The SMILES string of the molecule is CC(/C=C/CS(=O)(=O)c1ccccc1)S(=O)(=O)c1ccccc1. The Morgan fingerprint density at radius 2 is 1.30 bits per heavy atom. The van der Waals surface area contributed by atoms with Crippen molar-refractivity contribution in [1.82, 2.24) is 0 Å². The zero-order valence-corrected chi connectivity index (χ0v) is 14.3. The third-order valence-corrected chi connectivity index (χ3v) is 7.07. The lowest BCUT2D eigenvalue weighted by molar-refractivity contribution is 0.590. The van der Waals surface area contributed by atoms with Crippen molar-refractivity contribution in [2.24, 2.45) is 0 Å². The van der Waals surface area contributed by atoms with Crippen molar-refractivity contribution in [3.63, 3.8) is 0 Å². The Bertz CT molecular complexity index is 869. The molecule has 1 unspecified atom stereocenters. The molecule has 0 radical (unpaired) electrons. The number of rotatable bonds is 6. The Balaban J connectivity index is 2.12. The standard InChI is InChI=1S/C17H18O4S2/c1-15(23(20,21)17-12-6-3-7-13-17)9-8-14-22(18,19)16-10-4-2-5-11-16/h2-13,15H,14H2,1H3/b9-8+. The zero-order chi connectivity index (χ0) is 16.9. The van der Waals surface area contributed by atoms with Crippen molar-refractivity contribution in [3.8, 4) is 0 Å². The van der Waals surface area contributed by atoms with Crippen molar-refractivity contribution in [2.75, 3.05) is 5.75 Å². The predicted octanol–water partition coefficient (Wildman–Crippen LogP) is 2.88. The summed E-state index contributed by atoms with van der Waals surface area (Å²) >= 11 is 0. The van der Waals surface area contributed by atoms with Crippen LogP contribution in [0.2, 0.25) is 0 Å². The van der Waals surface area contributed by atoms with Gasteiger partial charge in [0.2, 0.25) is 0 Å². The van der Waals surface area contributed by atoms with Crippen LogP contribution in [0, 0.1) is 0 Å². The van der Waals surface area contributed by atoms with Gasteiger partial charge in [-0.2, -0.15) is 0 Å². The highest BCUT2D eigenvalue weighted by molar-refractivity contribution is 7.92. The number of hydrogen-bond donors (Lipinski definition) is 0. The predicted molar refractivity (Wildman–Crippen MR) is 90.7 cm³/mol. The van der Waals surface area contributed by atoms with Gasteiger partial charge in [0.15, 0.2) is 19.7 Å². The molecule has 0 N–H and O–H groups in total. The lowest BCUT2D eigenvalue weighted by Crippen LogP contribution is -2.16. The van der Waals surface area contributed by atoms with Crippen LogP contribution in [0.15, 0.2) is 82.6 Å². The summed E-state index contributed by atoms with van der Waals surface area (Å²) < 4.78 is 49.0. The van der Waals surface area contributed by atoms with Crippen LogP contribution in [0.4, 0.5) is 0 Å². The third-order valence-electron chi connectivity index (χ3n) is 3.39. The van der Waals surface area contributed by atoms with Crippen LogP contribution < -0.4 is 0 Å². The second-order valence-corrected chi connectivity index (χ2v) is 9.43. The molecule has 0 saturated carbocycles. The van der Waals surface area contributed by atoms with E-state index in [0.29, 0.717) is 0 Å². The van der Waals surface area contributed by atoms with Gasteiger partial charge in [-0.05, 0) is 31.2 Å². The minimum Gasteiger partial charge on any atom is -0.223 e. The first-order chi connectivity index (χ1) is 10.8. The van der Waals surface area contributed by atoms with Crippen molar-refractivity contribution in [3.05, 3.63) is 72.8 Å². The average molecular weight is 350 g/mol. The van der Waals surface area contributed by atoms with Gasteiger partial charge in [0.1, 0.15) is 0 Å². The van der Waals surface area contributed by atoms with E-state index in [9.17, 15) is 16.8 Å². The molecule has 0 fully saturated rings. The zero-order valence-electron chi connectivity index (χ0n) is 12.7. The monoisotopic (exact) mass is 350 g/mol. The van der Waals surface area contributed by atoms with Gasteiger partial charge in [-0.1, -0.05) is 48.6 Å².